The van der Waals surface area contributed by atoms with Gasteiger partial charge in [-0.3, -0.25) is 0 Å². The Labute approximate surface area is 731 Å². The van der Waals surface area contributed by atoms with E-state index in [-0.39, 0.29) is 82.7 Å². The lowest BCUT2D eigenvalue weighted by Crippen LogP contribution is -2.23. The zero-order valence-electron chi connectivity index (χ0n) is 71.0. The fourth-order valence-corrected chi connectivity index (χ4v) is 11.0. The fourth-order valence-electron chi connectivity index (χ4n) is 11.0. The van der Waals surface area contributed by atoms with Crippen LogP contribution in [0.3, 0.4) is 0 Å². The summed E-state index contributed by atoms with van der Waals surface area (Å²) in [4.78, 5) is 111. The molecule has 0 spiro atoms. The van der Waals surface area contributed by atoms with Crippen molar-refractivity contribution in [1.29, 1.82) is 0 Å². The Hall–Kier alpha value is -15.2. The predicted octanol–water partition coefficient (Wildman–Crippen LogP) is 18.4. The zero-order valence-corrected chi connectivity index (χ0v) is 71.0. The fraction of sp³-hybridized carbons (Fsp3) is 0.220. The van der Waals surface area contributed by atoms with Gasteiger partial charge in [-0.15, -0.1) is 0 Å². The molecule has 26 nitrogen and oxygen atoms in total. The summed E-state index contributed by atoms with van der Waals surface area (Å²) in [6.45, 7) is 27.7. The van der Waals surface area contributed by atoms with Crippen LogP contribution in [0, 0.1) is 0 Å². The van der Waals surface area contributed by atoms with Gasteiger partial charge >= 0.3 is 59.7 Å². The van der Waals surface area contributed by atoms with Gasteiger partial charge in [-0.25, -0.2) is 47.9 Å². The highest BCUT2D eigenvalue weighted by molar-refractivity contribution is 5.92. The van der Waals surface area contributed by atoms with Crippen molar-refractivity contribution in [3.8, 4) is 67.9 Å². The van der Waals surface area contributed by atoms with Gasteiger partial charge in [-0.05, 0) is 238 Å². The molecule has 26 heteroatoms. The Morgan fingerprint density at radius 2 is 0.563 bits per heavy atom. The number of carbonyl (C=O) groups excluding carboxylic acids is 6. The van der Waals surface area contributed by atoms with E-state index in [4.69, 9.17) is 77.3 Å². The summed E-state index contributed by atoms with van der Waals surface area (Å²) in [6.07, 6.45) is 9.87. The monoisotopic (exact) mass is 1720 g/mol. The molecule has 0 heterocycles. The summed E-state index contributed by atoms with van der Waals surface area (Å²) in [5, 5.41) is 35.2. The van der Waals surface area contributed by atoms with Crippen LogP contribution in [0.5, 0.6) is 34.5 Å². The van der Waals surface area contributed by atoms with Crippen molar-refractivity contribution in [2.45, 2.75) is 72.3 Å². The third-order valence-corrected chi connectivity index (χ3v) is 17.8. The Morgan fingerprint density at radius 3 is 0.865 bits per heavy atom. The van der Waals surface area contributed by atoms with Gasteiger partial charge in [0.05, 0.1) is 36.5 Å². The lowest BCUT2D eigenvalue weighted by molar-refractivity contribution is -0.141. The SMILES string of the molecule is C=C(C)C(=O)OCCOC1CCC(c2ccc(C(=O)O)cc2)CC1.C=C(C)C(=O)OCCOc1ccc(-c2ccc(/C=C/C(=O)O)cc2)cc1.C=C(C)C(=O)OCCOc1ccc(-c2ccc(C(=O)O)cc2)cc1.C=C(C)C(=O)OCCOc1ccc(-c2ccc(OC(=O)/C=C/c3ccc(OC)cc3)cc2)cc1.C=C(C)C(=O)OCCOc1ccc(C(=O)O)cc1. The molecular weight excluding hydrogens is 1620 g/mol. The topological polar surface area (TPSA) is 362 Å². The number of hydrogen-bond donors (Lipinski definition) is 4. The minimum Gasteiger partial charge on any atom is -0.497 e. The largest absolute Gasteiger partial charge is 0.497 e. The van der Waals surface area contributed by atoms with Crippen molar-refractivity contribution < 1.29 is 125 Å². The molecule has 1 aliphatic carbocycles. The number of carbonyl (C=O) groups is 10. The lowest BCUT2D eigenvalue weighted by Gasteiger charge is -2.28. The number of hydrogen-bond acceptors (Lipinski definition) is 22. The average molecular weight is 1720 g/mol. The van der Waals surface area contributed by atoms with Crippen LogP contribution in [-0.2, 0) is 62.0 Å². The third kappa shape index (κ3) is 37.4. The molecule has 0 unspecified atom stereocenters. The number of esters is 6. The molecule has 0 atom stereocenters. The molecular formula is C100H102O26. The van der Waals surface area contributed by atoms with Crippen LogP contribution in [0.2, 0.25) is 0 Å². The molecule has 126 heavy (non-hydrogen) atoms. The first-order valence-electron chi connectivity index (χ1n) is 39.6. The molecule has 9 aromatic carbocycles. The van der Waals surface area contributed by atoms with E-state index in [1.54, 1.807) is 127 Å². The summed E-state index contributed by atoms with van der Waals surface area (Å²) in [6, 6.07) is 64.4. The smallest absolute Gasteiger partial charge is 0.336 e. The highest BCUT2D eigenvalue weighted by Crippen LogP contribution is 2.35. The van der Waals surface area contributed by atoms with E-state index in [1.165, 1.54) is 23.8 Å². The molecule has 9 aromatic rings. The Bertz CT molecular complexity index is 5190. The van der Waals surface area contributed by atoms with E-state index < -0.39 is 53.7 Å². The first-order valence-corrected chi connectivity index (χ1v) is 39.6. The second-order valence-corrected chi connectivity index (χ2v) is 27.9. The number of carboxylic acids is 4. The van der Waals surface area contributed by atoms with E-state index in [1.807, 2.05) is 133 Å². The van der Waals surface area contributed by atoms with Gasteiger partial charge < -0.3 is 77.3 Å². The minimum absolute atomic E-state index is 0.117. The van der Waals surface area contributed by atoms with E-state index in [0.29, 0.717) is 74.7 Å². The molecule has 0 bridgehead atoms. The standard InChI is InChI=1S/C28H26O6.C21H20O5.C19H24O5.C19H18O5.C13H14O5/c1-20(2)28(30)33-19-18-32-25-13-7-22(8-14-25)23-9-15-26(16-10-23)34-27(29)17-6-21-4-11-24(31-3)12-5-21;1-15(2)21(24)26-14-13-25-19-10-8-18(9-11-19)17-6-3-16(4-7-17)5-12-20(22)23;2*1-13(2)19(22)24-12-11-23-17-9-7-15(8-10-17)14-3-5-16(6-4-14)18(20)21;1-9(2)13(16)18-8-7-17-11-5-3-10(4-6-11)12(14)15/h4-17H,1,18-19H2,2-3H3;3-12H,1,13-14H2,2H3,(H,22,23);3-6,15,17H,1,7-12H2,2H3,(H,20,21);3-10H,1,11-12H2,2H3,(H,20,21);3-6H,1,7-8H2,2H3,(H,14,15)/b17-6+;12-5+;;;. The van der Waals surface area contributed by atoms with Crippen LogP contribution >= 0.6 is 0 Å². The number of methoxy groups -OCH3 is 1. The van der Waals surface area contributed by atoms with Crippen molar-refractivity contribution >= 4 is 71.8 Å². The van der Waals surface area contributed by atoms with Crippen molar-refractivity contribution in [3.63, 3.8) is 0 Å². The van der Waals surface area contributed by atoms with Crippen LogP contribution in [-0.4, -0.2) is 159 Å². The molecule has 1 saturated carbocycles. The molecule has 0 aliphatic heterocycles. The van der Waals surface area contributed by atoms with Crippen LogP contribution in [0.15, 0.2) is 291 Å². The molecule has 10 rings (SSSR count). The number of aliphatic carboxylic acids is 1. The average Bonchev–Trinajstić information content (AvgIpc) is 0.958. The van der Waals surface area contributed by atoms with Crippen molar-refractivity contribution in [2.75, 3.05) is 73.2 Å². The lowest BCUT2D eigenvalue weighted by atomic mass is 9.82. The number of benzene rings is 9. The zero-order chi connectivity index (χ0) is 91.9. The van der Waals surface area contributed by atoms with Gasteiger partial charge in [0.25, 0.3) is 0 Å². The number of ether oxygens (including phenoxy) is 12. The van der Waals surface area contributed by atoms with Crippen molar-refractivity contribution in [2.24, 2.45) is 0 Å². The first-order chi connectivity index (χ1) is 60.3. The predicted molar refractivity (Wildman–Crippen MR) is 476 cm³/mol. The van der Waals surface area contributed by atoms with Gasteiger partial charge in [0.1, 0.15) is 94.0 Å². The van der Waals surface area contributed by atoms with Crippen molar-refractivity contribution in [1.82, 2.24) is 0 Å². The van der Waals surface area contributed by atoms with Gasteiger partial charge in [-0.2, -0.15) is 0 Å². The minimum atomic E-state index is -0.989. The summed E-state index contributed by atoms with van der Waals surface area (Å²) >= 11 is 0. The summed E-state index contributed by atoms with van der Waals surface area (Å²) in [7, 11) is 1.60. The first kappa shape index (κ1) is 99.6. The van der Waals surface area contributed by atoms with Crippen LogP contribution in [0.1, 0.15) is 114 Å². The molecule has 0 aromatic heterocycles. The molecule has 4 N–H and O–H groups in total. The number of aromatic carboxylic acids is 3. The Kier molecular flexibility index (Phi) is 42.4. The normalized spacial score (nSPS) is 12.2. The summed E-state index contributed by atoms with van der Waals surface area (Å²) in [5.74, 6) is -2.20. The van der Waals surface area contributed by atoms with Crippen LogP contribution in [0.4, 0.5) is 0 Å². The van der Waals surface area contributed by atoms with Gasteiger partial charge in [0.15, 0.2) is 0 Å². The molecule has 0 amide bonds. The van der Waals surface area contributed by atoms with E-state index in [0.717, 1.165) is 82.0 Å². The van der Waals surface area contributed by atoms with Gasteiger partial charge in [0.2, 0.25) is 0 Å². The van der Waals surface area contributed by atoms with Gasteiger partial charge in [0, 0.05) is 40.0 Å². The van der Waals surface area contributed by atoms with Crippen LogP contribution in [0.25, 0.3) is 45.5 Å². The highest BCUT2D eigenvalue weighted by Gasteiger charge is 2.24. The maximum Gasteiger partial charge on any atom is 0.336 e. The van der Waals surface area contributed by atoms with Crippen molar-refractivity contribution in [3.05, 3.63) is 325 Å². The Morgan fingerprint density at radius 1 is 0.310 bits per heavy atom. The molecule has 1 aliphatic rings. The maximum atomic E-state index is 12.1. The highest BCUT2D eigenvalue weighted by atomic mass is 16.6. The number of carboxylic acid groups (broad SMARTS) is 4. The molecule has 658 valence electrons. The second-order valence-electron chi connectivity index (χ2n) is 27.9. The van der Waals surface area contributed by atoms with Gasteiger partial charge in [-0.1, -0.05) is 142 Å². The molecule has 0 radical (unpaired) electrons. The maximum absolute atomic E-state index is 12.1. The van der Waals surface area contributed by atoms with E-state index >= 15 is 0 Å². The quantitative estimate of drug-likeness (QED) is 0.00918. The van der Waals surface area contributed by atoms with E-state index in [9.17, 15) is 47.9 Å². The Balaban J connectivity index is 0.000000247. The second kappa shape index (κ2) is 53.6. The summed E-state index contributed by atoms with van der Waals surface area (Å²) in [5.41, 5.74) is 11.3. The number of rotatable bonds is 38. The third-order valence-electron chi connectivity index (χ3n) is 17.8. The molecule has 0 saturated heterocycles. The summed E-state index contributed by atoms with van der Waals surface area (Å²) < 4.78 is 62.8. The van der Waals surface area contributed by atoms with E-state index in [2.05, 4.69) is 32.9 Å². The molecule has 1 fully saturated rings. The van der Waals surface area contributed by atoms with Crippen LogP contribution < -0.4 is 28.4 Å².